The van der Waals surface area contributed by atoms with Gasteiger partial charge in [0.2, 0.25) is 0 Å². The minimum Gasteiger partial charge on any atom is -0.313 e. The van der Waals surface area contributed by atoms with E-state index in [-0.39, 0.29) is 0 Å². The van der Waals surface area contributed by atoms with E-state index in [0.717, 1.165) is 17.9 Å². The molecule has 1 heteroatoms. The van der Waals surface area contributed by atoms with E-state index in [4.69, 9.17) is 0 Å². The molecule has 1 saturated heterocycles. The van der Waals surface area contributed by atoms with Crippen LogP contribution in [-0.4, -0.2) is 12.6 Å². The summed E-state index contributed by atoms with van der Waals surface area (Å²) < 4.78 is 0. The van der Waals surface area contributed by atoms with Gasteiger partial charge in [-0.3, -0.25) is 0 Å². The van der Waals surface area contributed by atoms with Gasteiger partial charge < -0.3 is 5.32 Å². The van der Waals surface area contributed by atoms with Crippen LogP contribution in [0.5, 0.6) is 0 Å². The summed E-state index contributed by atoms with van der Waals surface area (Å²) in [4.78, 5) is 0. The van der Waals surface area contributed by atoms with E-state index < -0.39 is 0 Å². The van der Waals surface area contributed by atoms with Crippen molar-refractivity contribution in [2.24, 2.45) is 11.8 Å². The molecule has 0 aromatic heterocycles. The second-order valence-corrected chi connectivity index (χ2v) is 3.94. The van der Waals surface area contributed by atoms with Gasteiger partial charge in [0.15, 0.2) is 0 Å². The van der Waals surface area contributed by atoms with Crippen molar-refractivity contribution in [3.8, 4) is 0 Å². The number of hydrogen-bond acceptors (Lipinski definition) is 1. The van der Waals surface area contributed by atoms with Crippen LogP contribution in [0.2, 0.25) is 0 Å². The largest absolute Gasteiger partial charge is 0.313 e. The zero-order chi connectivity index (χ0) is 11.0. The van der Waals surface area contributed by atoms with Gasteiger partial charge in [-0.15, -0.1) is 0 Å². The van der Waals surface area contributed by atoms with Crippen molar-refractivity contribution in [2.45, 2.75) is 66.3 Å². The fourth-order valence-electron chi connectivity index (χ4n) is 2.58. The molecule has 0 aromatic rings. The summed E-state index contributed by atoms with van der Waals surface area (Å²) in [6.07, 6.45) is 5.86. The van der Waals surface area contributed by atoms with Gasteiger partial charge in [0.1, 0.15) is 0 Å². The maximum atomic E-state index is 3.61. The molecule has 0 aromatic carbocycles. The summed E-state index contributed by atoms with van der Waals surface area (Å²) in [6.45, 7) is 11.7. The van der Waals surface area contributed by atoms with Crippen molar-refractivity contribution in [3.63, 3.8) is 0 Å². The molecule has 1 aliphatic heterocycles. The highest BCUT2D eigenvalue weighted by Gasteiger charge is 2.34. The van der Waals surface area contributed by atoms with Crippen LogP contribution in [0.4, 0.5) is 0 Å². The van der Waals surface area contributed by atoms with Crippen LogP contribution in [0.15, 0.2) is 0 Å². The highest BCUT2D eigenvalue weighted by Crippen LogP contribution is 2.33. The third-order valence-electron chi connectivity index (χ3n) is 3.25. The smallest absolute Gasteiger partial charge is 0.00984 e. The van der Waals surface area contributed by atoms with Crippen molar-refractivity contribution in [3.05, 3.63) is 0 Å². The van der Waals surface area contributed by atoms with Crippen molar-refractivity contribution in [1.29, 1.82) is 0 Å². The lowest BCUT2D eigenvalue weighted by Gasteiger charge is -2.26. The molecule has 1 heterocycles. The number of hydrogen-bond donors (Lipinski definition) is 1. The monoisotopic (exact) mass is 199 g/mol. The average molecular weight is 199 g/mol. The zero-order valence-electron chi connectivity index (χ0n) is 10.8. The van der Waals surface area contributed by atoms with E-state index in [1.165, 1.54) is 32.2 Å². The van der Waals surface area contributed by atoms with Crippen LogP contribution in [0.25, 0.3) is 0 Å². The second kappa shape index (κ2) is 8.28. The molecule has 1 nitrogen and oxygen atoms in total. The SMILES string of the molecule is CC.CC.CC1CNC2CCCCC12. The van der Waals surface area contributed by atoms with Crippen LogP contribution >= 0.6 is 0 Å². The lowest BCUT2D eigenvalue weighted by Crippen LogP contribution is -2.29. The van der Waals surface area contributed by atoms with E-state index in [1.807, 2.05) is 27.7 Å². The van der Waals surface area contributed by atoms with Crippen LogP contribution < -0.4 is 5.32 Å². The first kappa shape index (κ1) is 14.0. The maximum Gasteiger partial charge on any atom is 0.00984 e. The molecule has 3 atom stereocenters. The molecule has 0 bridgehead atoms. The van der Waals surface area contributed by atoms with Crippen molar-refractivity contribution < 1.29 is 0 Å². The van der Waals surface area contributed by atoms with Crippen LogP contribution in [0.1, 0.15) is 60.3 Å². The Balaban J connectivity index is 0.000000379. The van der Waals surface area contributed by atoms with Gasteiger partial charge >= 0.3 is 0 Å². The molecule has 0 spiro atoms. The molecule has 2 fully saturated rings. The van der Waals surface area contributed by atoms with E-state index in [2.05, 4.69) is 12.2 Å². The van der Waals surface area contributed by atoms with E-state index in [1.54, 1.807) is 0 Å². The van der Waals surface area contributed by atoms with E-state index in [9.17, 15) is 0 Å². The maximum absolute atomic E-state index is 3.61. The van der Waals surface area contributed by atoms with Gasteiger partial charge in [-0.1, -0.05) is 47.5 Å². The van der Waals surface area contributed by atoms with Crippen molar-refractivity contribution >= 4 is 0 Å². The van der Waals surface area contributed by atoms with Crippen molar-refractivity contribution in [1.82, 2.24) is 5.32 Å². The second-order valence-electron chi connectivity index (χ2n) is 3.94. The lowest BCUT2D eigenvalue weighted by molar-refractivity contribution is 0.285. The molecular weight excluding hydrogens is 170 g/mol. The molecule has 1 aliphatic carbocycles. The summed E-state index contributed by atoms with van der Waals surface area (Å²) in [5.41, 5.74) is 0. The summed E-state index contributed by atoms with van der Waals surface area (Å²) in [6, 6.07) is 0.892. The van der Waals surface area contributed by atoms with Gasteiger partial charge in [0.05, 0.1) is 0 Å². The Kier molecular flexibility index (Phi) is 8.26. The molecule has 0 radical (unpaired) electrons. The van der Waals surface area contributed by atoms with E-state index >= 15 is 0 Å². The highest BCUT2D eigenvalue weighted by molar-refractivity contribution is 4.90. The first-order chi connectivity index (χ1) is 6.88. The number of nitrogens with one attached hydrogen (secondary N) is 1. The minimum atomic E-state index is 0.892. The Labute approximate surface area is 90.7 Å². The molecule has 0 amide bonds. The summed E-state index contributed by atoms with van der Waals surface area (Å²) in [7, 11) is 0. The van der Waals surface area contributed by atoms with Crippen LogP contribution in [-0.2, 0) is 0 Å². The molecular formula is C13H29N. The number of fused-ring (bicyclic) bond motifs is 1. The fourth-order valence-corrected chi connectivity index (χ4v) is 2.58. The highest BCUT2D eigenvalue weighted by atomic mass is 15.0. The van der Waals surface area contributed by atoms with Gasteiger partial charge in [-0.05, 0) is 31.2 Å². The van der Waals surface area contributed by atoms with Crippen molar-refractivity contribution in [2.75, 3.05) is 6.54 Å². The fraction of sp³-hybridized carbons (Fsp3) is 1.00. The molecule has 14 heavy (non-hydrogen) atoms. The first-order valence-corrected chi connectivity index (χ1v) is 6.61. The Morgan fingerprint density at radius 3 is 2.07 bits per heavy atom. The Morgan fingerprint density at radius 1 is 0.929 bits per heavy atom. The van der Waals surface area contributed by atoms with Crippen LogP contribution in [0, 0.1) is 11.8 Å². The molecule has 1 N–H and O–H groups in total. The molecule has 1 saturated carbocycles. The Morgan fingerprint density at radius 2 is 1.50 bits per heavy atom. The molecule has 2 aliphatic rings. The summed E-state index contributed by atoms with van der Waals surface area (Å²) in [5.74, 6) is 1.97. The normalized spacial score (nSPS) is 34.5. The van der Waals surface area contributed by atoms with Gasteiger partial charge in [0.25, 0.3) is 0 Å². The first-order valence-electron chi connectivity index (χ1n) is 6.61. The number of rotatable bonds is 0. The predicted octanol–water partition coefficient (Wildman–Crippen LogP) is 3.84. The molecule has 2 rings (SSSR count). The summed E-state index contributed by atoms with van der Waals surface area (Å²) >= 11 is 0. The Bertz CT molecular complexity index is 120. The quantitative estimate of drug-likeness (QED) is 0.625. The minimum absolute atomic E-state index is 0.892. The molecule has 3 unspecified atom stereocenters. The third kappa shape index (κ3) is 3.61. The average Bonchev–Trinajstić information content (AvgIpc) is 2.67. The van der Waals surface area contributed by atoms with E-state index in [0.29, 0.717) is 0 Å². The Hall–Kier alpha value is -0.0400. The topological polar surface area (TPSA) is 12.0 Å². The molecule has 86 valence electrons. The lowest BCUT2D eigenvalue weighted by atomic mass is 9.81. The van der Waals surface area contributed by atoms with Gasteiger partial charge in [-0.2, -0.15) is 0 Å². The predicted molar refractivity (Wildman–Crippen MR) is 65.6 cm³/mol. The summed E-state index contributed by atoms with van der Waals surface area (Å²) in [5, 5.41) is 3.61. The van der Waals surface area contributed by atoms with Gasteiger partial charge in [-0.25, -0.2) is 0 Å². The van der Waals surface area contributed by atoms with Gasteiger partial charge in [0, 0.05) is 6.04 Å². The standard InChI is InChI=1S/C9H17N.2C2H6/c1-7-6-10-9-5-3-2-4-8(7)9;2*1-2/h7-10H,2-6H2,1H3;2*1-2H3. The third-order valence-corrected chi connectivity index (χ3v) is 3.25. The zero-order valence-corrected chi connectivity index (χ0v) is 10.8. The van der Waals surface area contributed by atoms with Crippen LogP contribution in [0.3, 0.4) is 0 Å².